The smallest absolute Gasteiger partial charge is 0.340 e. The third-order valence-corrected chi connectivity index (χ3v) is 4.03. The highest BCUT2D eigenvalue weighted by Gasteiger charge is 2.22. The van der Waals surface area contributed by atoms with E-state index < -0.39 is 5.97 Å². The zero-order valence-corrected chi connectivity index (χ0v) is 12.9. The Morgan fingerprint density at radius 1 is 1.33 bits per heavy atom. The molecule has 0 atom stereocenters. The summed E-state index contributed by atoms with van der Waals surface area (Å²) in [7, 11) is 0. The van der Waals surface area contributed by atoms with Crippen LogP contribution < -0.4 is 5.32 Å². The van der Waals surface area contributed by atoms with Crippen LogP contribution in [-0.2, 0) is 11.3 Å². The standard InChI is InChI=1S/C17H14N4O3/c1-2-24-17(23)12-7-18-15-13(12)14(20-8-21-15)9-3-4-10-6-19-16(22)11(10)5-9/h3-5,7-8H,2,6H2,1H3,(H,19,22)(H,18,20,21). The number of fused-ring (bicyclic) bond motifs is 2. The molecule has 7 heteroatoms. The predicted octanol–water partition coefficient (Wildman–Crippen LogP) is 2.04. The number of amides is 1. The number of nitrogens with zero attached hydrogens (tertiary/aromatic N) is 2. The summed E-state index contributed by atoms with van der Waals surface area (Å²) in [6.07, 6.45) is 3.00. The largest absolute Gasteiger partial charge is 0.462 e. The molecule has 4 rings (SSSR count). The highest BCUT2D eigenvalue weighted by Crippen LogP contribution is 2.30. The molecule has 1 amide bonds. The van der Waals surface area contributed by atoms with Gasteiger partial charge in [-0.05, 0) is 18.6 Å². The molecular weight excluding hydrogens is 308 g/mol. The van der Waals surface area contributed by atoms with Crippen LogP contribution in [0.2, 0.25) is 0 Å². The van der Waals surface area contributed by atoms with Crippen molar-refractivity contribution in [3.63, 3.8) is 0 Å². The van der Waals surface area contributed by atoms with Crippen LogP contribution in [0.5, 0.6) is 0 Å². The maximum absolute atomic E-state index is 12.2. The van der Waals surface area contributed by atoms with Crippen molar-refractivity contribution in [3.05, 3.63) is 47.4 Å². The van der Waals surface area contributed by atoms with E-state index >= 15 is 0 Å². The Labute approximate surface area is 137 Å². The Kier molecular flexibility index (Phi) is 3.26. The Morgan fingerprint density at radius 2 is 2.21 bits per heavy atom. The van der Waals surface area contributed by atoms with Gasteiger partial charge < -0.3 is 15.0 Å². The SMILES string of the molecule is CCOC(=O)c1c[nH]c2ncnc(-c3ccc4c(c3)C(=O)NC4)c12. The van der Waals surface area contributed by atoms with E-state index in [2.05, 4.69) is 20.3 Å². The van der Waals surface area contributed by atoms with Gasteiger partial charge in [-0.15, -0.1) is 0 Å². The van der Waals surface area contributed by atoms with E-state index in [4.69, 9.17) is 4.74 Å². The van der Waals surface area contributed by atoms with Gasteiger partial charge in [0.2, 0.25) is 0 Å². The van der Waals surface area contributed by atoms with Crippen molar-refractivity contribution < 1.29 is 14.3 Å². The number of aromatic amines is 1. The lowest BCUT2D eigenvalue weighted by molar-refractivity contribution is 0.0528. The molecule has 1 aliphatic rings. The third kappa shape index (κ3) is 2.13. The molecule has 0 saturated heterocycles. The lowest BCUT2D eigenvalue weighted by atomic mass is 10.0. The molecule has 24 heavy (non-hydrogen) atoms. The van der Waals surface area contributed by atoms with E-state index in [9.17, 15) is 9.59 Å². The minimum Gasteiger partial charge on any atom is -0.462 e. The Bertz CT molecular complexity index is 977. The van der Waals surface area contributed by atoms with Gasteiger partial charge in [0.15, 0.2) is 0 Å². The van der Waals surface area contributed by atoms with Gasteiger partial charge in [-0.25, -0.2) is 14.8 Å². The molecule has 2 N–H and O–H groups in total. The van der Waals surface area contributed by atoms with Gasteiger partial charge in [0, 0.05) is 23.9 Å². The zero-order chi connectivity index (χ0) is 16.7. The number of rotatable bonds is 3. The normalized spacial score (nSPS) is 13.0. The van der Waals surface area contributed by atoms with Crippen LogP contribution in [0.3, 0.4) is 0 Å². The molecule has 120 valence electrons. The summed E-state index contributed by atoms with van der Waals surface area (Å²) in [5.41, 5.74) is 3.86. The van der Waals surface area contributed by atoms with Crippen molar-refractivity contribution in [1.82, 2.24) is 20.3 Å². The van der Waals surface area contributed by atoms with E-state index in [1.807, 2.05) is 12.1 Å². The first-order valence-corrected chi connectivity index (χ1v) is 7.59. The molecule has 0 unspecified atom stereocenters. The zero-order valence-electron chi connectivity index (χ0n) is 12.9. The minimum absolute atomic E-state index is 0.100. The monoisotopic (exact) mass is 322 g/mol. The van der Waals surface area contributed by atoms with E-state index in [0.29, 0.717) is 34.4 Å². The Hall–Kier alpha value is -3.22. The molecule has 7 nitrogen and oxygen atoms in total. The summed E-state index contributed by atoms with van der Waals surface area (Å²) >= 11 is 0. The van der Waals surface area contributed by atoms with Gasteiger partial charge in [0.05, 0.1) is 23.3 Å². The number of esters is 1. The molecule has 0 aliphatic carbocycles. The molecule has 0 spiro atoms. The lowest BCUT2D eigenvalue weighted by Crippen LogP contribution is -2.12. The summed E-state index contributed by atoms with van der Waals surface area (Å²) in [6.45, 7) is 2.57. The van der Waals surface area contributed by atoms with Gasteiger partial charge in [0.1, 0.15) is 12.0 Å². The maximum atomic E-state index is 12.2. The second kappa shape index (κ2) is 5.45. The number of ether oxygens (including phenoxy) is 1. The molecule has 3 aromatic rings. The first-order chi connectivity index (χ1) is 11.7. The second-order valence-electron chi connectivity index (χ2n) is 5.42. The third-order valence-electron chi connectivity index (χ3n) is 4.03. The molecule has 0 radical (unpaired) electrons. The molecule has 0 saturated carbocycles. The molecule has 3 heterocycles. The quantitative estimate of drug-likeness (QED) is 0.719. The summed E-state index contributed by atoms with van der Waals surface area (Å²) in [4.78, 5) is 35.5. The first-order valence-electron chi connectivity index (χ1n) is 7.59. The fraction of sp³-hybridized carbons (Fsp3) is 0.176. The first kappa shape index (κ1) is 14.4. The van der Waals surface area contributed by atoms with Gasteiger partial charge >= 0.3 is 5.97 Å². The summed E-state index contributed by atoms with van der Waals surface area (Å²) in [6, 6.07) is 5.58. The Balaban J connectivity index is 1.91. The number of hydrogen-bond acceptors (Lipinski definition) is 5. The molecule has 2 aromatic heterocycles. The van der Waals surface area contributed by atoms with Crippen LogP contribution in [0.1, 0.15) is 33.2 Å². The van der Waals surface area contributed by atoms with Crippen LogP contribution in [0, 0.1) is 0 Å². The van der Waals surface area contributed by atoms with E-state index in [1.54, 1.807) is 19.2 Å². The van der Waals surface area contributed by atoms with E-state index in [0.717, 1.165) is 11.1 Å². The fourth-order valence-corrected chi connectivity index (χ4v) is 2.91. The number of carbonyl (C=O) groups is 2. The van der Waals surface area contributed by atoms with Crippen molar-refractivity contribution >= 4 is 22.9 Å². The summed E-state index contributed by atoms with van der Waals surface area (Å²) < 4.78 is 5.10. The average molecular weight is 322 g/mol. The van der Waals surface area contributed by atoms with Crippen LogP contribution in [0.15, 0.2) is 30.7 Å². The predicted molar refractivity (Wildman–Crippen MR) is 86.5 cm³/mol. The average Bonchev–Trinajstić information content (AvgIpc) is 3.19. The number of hydrogen-bond donors (Lipinski definition) is 2. The highest BCUT2D eigenvalue weighted by atomic mass is 16.5. The highest BCUT2D eigenvalue weighted by molar-refractivity contribution is 6.08. The van der Waals surface area contributed by atoms with Crippen LogP contribution in [0.4, 0.5) is 0 Å². The maximum Gasteiger partial charge on any atom is 0.340 e. The van der Waals surface area contributed by atoms with Gasteiger partial charge in [-0.1, -0.05) is 12.1 Å². The topological polar surface area (TPSA) is 97.0 Å². The number of aromatic nitrogens is 3. The van der Waals surface area contributed by atoms with Gasteiger partial charge in [0.25, 0.3) is 5.91 Å². The lowest BCUT2D eigenvalue weighted by Gasteiger charge is -2.06. The molecular formula is C17H14N4O3. The van der Waals surface area contributed by atoms with Crippen molar-refractivity contribution in [2.24, 2.45) is 0 Å². The van der Waals surface area contributed by atoms with E-state index in [-0.39, 0.29) is 12.5 Å². The van der Waals surface area contributed by atoms with Crippen molar-refractivity contribution in [2.75, 3.05) is 6.61 Å². The number of H-pyrrole nitrogens is 1. The van der Waals surface area contributed by atoms with E-state index in [1.165, 1.54) is 6.33 Å². The van der Waals surface area contributed by atoms with Gasteiger partial charge in [-0.2, -0.15) is 0 Å². The molecule has 0 bridgehead atoms. The van der Waals surface area contributed by atoms with Crippen molar-refractivity contribution in [1.29, 1.82) is 0 Å². The minimum atomic E-state index is -0.432. The summed E-state index contributed by atoms with van der Waals surface area (Å²) in [5.74, 6) is -0.532. The summed E-state index contributed by atoms with van der Waals surface area (Å²) in [5, 5.41) is 3.38. The number of benzene rings is 1. The fourth-order valence-electron chi connectivity index (χ4n) is 2.91. The van der Waals surface area contributed by atoms with Gasteiger partial charge in [-0.3, -0.25) is 4.79 Å². The van der Waals surface area contributed by atoms with Crippen LogP contribution in [0.25, 0.3) is 22.3 Å². The van der Waals surface area contributed by atoms with Crippen molar-refractivity contribution in [3.8, 4) is 11.3 Å². The number of carbonyl (C=O) groups excluding carboxylic acids is 2. The van der Waals surface area contributed by atoms with Crippen LogP contribution in [-0.4, -0.2) is 33.4 Å². The molecule has 0 fully saturated rings. The molecule has 1 aromatic carbocycles. The van der Waals surface area contributed by atoms with Crippen LogP contribution >= 0.6 is 0 Å². The second-order valence-corrected chi connectivity index (χ2v) is 5.42. The number of nitrogens with one attached hydrogen (secondary N) is 2. The Morgan fingerprint density at radius 3 is 3.04 bits per heavy atom. The van der Waals surface area contributed by atoms with Crippen molar-refractivity contribution in [2.45, 2.75) is 13.5 Å². The molecule has 1 aliphatic heterocycles.